The van der Waals surface area contributed by atoms with Gasteiger partial charge in [0, 0.05) is 65.3 Å². The third kappa shape index (κ3) is 8.12. The predicted octanol–water partition coefficient (Wildman–Crippen LogP) is 4.49. The summed E-state index contributed by atoms with van der Waals surface area (Å²) in [6.45, 7) is 10.2. The smallest absolute Gasteiger partial charge is 0.101 e. The van der Waals surface area contributed by atoms with Gasteiger partial charge in [-0.05, 0) is 72.8 Å². The quantitative estimate of drug-likeness (QED) is 0.132. The molecule has 4 aromatic heterocycles. The molecule has 0 amide bonds. The van der Waals surface area contributed by atoms with E-state index in [0.717, 1.165) is 166 Å². The molecule has 10 aromatic rings. The average molecular weight is 821 g/mol. The fraction of sp³-hybridized carbons (Fsp3) is 0.231. The van der Waals surface area contributed by atoms with Crippen molar-refractivity contribution in [3.05, 3.63) is 144 Å². The van der Waals surface area contributed by atoms with Crippen LogP contribution in [0.4, 0.5) is 0 Å². The summed E-state index contributed by atoms with van der Waals surface area (Å²) >= 11 is 0. The highest BCUT2D eigenvalue weighted by atomic mass is 16.5. The molecule has 0 atom stereocenters. The molecule has 0 unspecified atom stereocenters. The van der Waals surface area contributed by atoms with Gasteiger partial charge in [-0.15, -0.1) is 0 Å². The van der Waals surface area contributed by atoms with E-state index in [1.54, 1.807) is 0 Å². The summed E-state index contributed by atoms with van der Waals surface area (Å²) in [5, 5.41) is 18.4. The van der Waals surface area contributed by atoms with Crippen LogP contribution in [-0.4, -0.2) is 72.5 Å². The Hall–Kier alpha value is -6.24. The van der Waals surface area contributed by atoms with E-state index in [0.29, 0.717) is 0 Å². The van der Waals surface area contributed by atoms with Crippen molar-refractivity contribution in [1.82, 2.24) is 19.9 Å². The highest BCUT2D eigenvalue weighted by Gasteiger charge is 2.12. The van der Waals surface area contributed by atoms with Gasteiger partial charge in [0.05, 0.1) is 96.7 Å². The highest BCUT2D eigenvalue weighted by molar-refractivity contribution is 6.10. The van der Waals surface area contributed by atoms with Crippen molar-refractivity contribution in [3.63, 3.8) is 0 Å². The summed E-state index contributed by atoms with van der Waals surface area (Å²) in [6, 6.07) is 44.3. The Morgan fingerprint density at radius 3 is 0.806 bits per heavy atom. The molecule has 20 bridgehead atoms. The van der Waals surface area contributed by atoms with Gasteiger partial charge in [0.1, 0.15) is 26.2 Å². The lowest BCUT2D eigenvalue weighted by atomic mass is 10.0. The fourth-order valence-corrected chi connectivity index (χ4v) is 9.05. The second kappa shape index (κ2) is 17.3. The van der Waals surface area contributed by atoms with E-state index in [4.69, 9.17) is 29.4 Å². The Morgan fingerprint density at radius 1 is 0.290 bits per heavy atom. The van der Waals surface area contributed by atoms with Crippen LogP contribution in [-0.2, 0) is 35.7 Å². The Balaban J connectivity index is 0.798. The Labute approximate surface area is 359 Å². The lowest BCUT2D eigenvalue weighted by Crippen LogP contribution is -2.84. The zero-order valence-corrected chi connectivity index (χ0v) is 34.9. The predicted molar refractivity (Wildman–Crippen MR) is 248 cm³/mol. The van der Waals surface area contributed by atoms with Crippen molar-refractivity contribution < 1.29 is 30.7 Å². The van der Waals surface area contributed by atoms with Gasteiger partial charge in [-0.1, -0.05) is 48.5 Å². The summed E-state index contributed by atoms with van der Waals surface area (Å²) in [5.41, 5.74) is 12.9. The summed E-state index contributed by atoms with van der Waals surface area (Å²) < 4.78 is 12.0. The molecule has 10 nitrogen and oxygen atoms in total. The average Bonchev–Trinajstić information content (AvgIpc) is 3.30. The first-order valence-electron chi connectivity index (χ1n) is 22.2. The molecule has 20 aliphatic rings. The van der Waals surface area contributed by atoms with Crippen molar-refractivity contribution in [2.24, 2.45) is 0 Å². The van der Waals surface area contributed by atoms with Crippen LogP contribution in [0.1, 0.15) is 22.3 Å². The maximum Gasteiger partial charge on any atom is 0.101 e. The second-order valence-electron chi connectivity index (χ2n) is 16.8. The Morgan fingerprint density at radius 2 is 0.548 bits per heavy atom. The first-order valence-corrected chi connectivity index (χ1v) is 22.2. The number of nitrogens with zero attached hydrogens (tertiary/aromatic N) is 4. The number of pyridine rings is 4. The van der Waals surface area contributed by atoms with Crippen LogP contribution in [0, 0.1) is 0 Å². The van der Waals surface area contributed by atoms with Crippen LogP contribution in [0.25, 0.3) is 87.2 Å². The normalized spacial score (nSPS) is 15.9. The number of hydrogen-bond acceptors (Lipinski definition) is 6. The van der Waals surface area contributed by atoms with Crippen molar-refractivity contribution in [2.45, 2.75) is 26.2 Å². The Kier molecular flexibility index (Phi) is 10.8. The molecule has 308 valence electrons. The molecule has 30 rings (SSSR count). The maximum atomic E-state index is 6.02. The minimum atomic E-state index is 0.728. The van der Waals surface area contributed by atoms with Crippen LogP contribution in [0.2, 0.25) is 0 Å². The van der Waals surface area contributed by atoms with E-state index in [-0.39, 0.29) is 0 Å². The summed E-state index contributed by atoms with van der Waals surface area (Å²) in [4.78, 5) is 20.6. The van der Waals surface area contributed by atoms with Crippen molar-refractivity contribution in [1.29, 1.82) is 0 Å². The summed E-state index contributed by atoms with van der Waals surface area (Å²) in [5.74, 6) is 0. The van der Waals surface area contributed by atoms with E-state index in [2.05, 4.69) is 143 Å². The van der Waals surface area contributed by atoms with Gasteiger partial charge in [-0.3, -0.25) is 0 Å². The molecule has 6 aromatic carbocycles. The molecule has 10 heteroatoms. The molecular formula is C52H52N8O2+4. The van der Waals surface area contributed by atoms with Crippen LogP contribution in [0.5, 0.6) is 0 Å². The number of aromatic nitrogens is 4. The van der Waals surface area contributed by atoms with Gasteiger partial charge in [-0.25, -0.2) is 19.9 Å². The molecule has 0 spiro atoms. The molecular weight excluding hydrogens is 769 g/mol. The molecule has 0 aliphatic carbocycles. The highest BCUT2D eigenvalue weighted by Crippen LogP contribution is 2.31. The van der Waals surface area contributed by atoms with Crippen LogP contribution < -0.4 is 21.3 Å². The van der Waals surface area contributed by atoms with E-state index < -0.39 is 0 Å². The van der Waals surface area contributed by atoms with E-state index in [1.165, 1.54) is 22.3 Å². The minimum absolute atomic E-state index is 0.728. The van der Waals surface area contributed by atoms with E-state index >= 15 is 0 Å². The maximum absolute atomic E-state index is 6.02. The molecule has 24 heterocycles. The number of nitrogens with two attached hydrogens (primary N) is 4. The standard InChI is InChI=1S/C52H48N8O2/c1-9-45-41-21-33(1)29-53-13-17-61-18-14-54-30-35-3-11-47-43(23-35)27-39-7-8-40-28-44-24-36(4-12-48(44)60-52(40)51(39)59-47)32-56-16-20-62-19-15-55-31-34-2-10-46-42(22-34)26-38-6-5-37(25-41)49(57-45)50(38)58-46/h1-12,21-28,53-56H,13-20,29-32H2/p+4. The molecule has 20 aliphatic heterocycles. The van der Waals surface area contributed by atoms with Gasteiger partial charge in [0.25, 0.3) is 0 Å². The number of hydrogen-bond donors (Lipinski definition) is 4. The monoisotopic (exact) mass is 820 g/mol. The molecule has 0 radical (unpaired) electrons. The largest absolute Gasteiger partial charge is 0.370 e. The molecule has 62 heavy (non-hydrogen) atoms. The lowest BCUT2D eigenvalue weighted by Gasteiger charge is -2.09. The van der Waals surface area contributed by atoms with Crippen LogP contribution in [0.3, 0.4) is 0 Å². The van der Waals surface area contributed by atoms with Crippen LogP contribution >= 0.6 is 0 Å². The number of quaternary nitrogens is 4. The molecule has 0 fully saturated rings. The van der Waals surface area contributed by atoms with Crippen LogP contribution in [0.15, 0.2) is 121 Å². The van der Waals surface area contributed by atoms with E-state index in [9.17, 15) is 0 Å². The molecule has 0 saturated carbocycles. The zero-order chi connectivity index (χ0) is 41.2. The Bertz CT molecular complexity index is 2860. The van der Waals surface area contributed by atoms with E-state index in [1.807, 2.05) is 0 Å². The van der Waals surface area contributed by atoms with Gasteiger partial charge in [-0.2, -0.15) is 0 Å². The number of benzene rings is 6. The number of rotatable bonds is 0. The molecule has 0 saturated heterocycles. The first kappa shape index (κ1) is 38.7. The van der Waals surface area contributed by atoms with Crippen molar-refractivity contribution >= 4 is 87.2 Å². The number of ether oxygens (including phenoxy) is 2. The first-order chi connectivity index (χ1) is 30.7. The summed E-state index contributed by atoms with van der Waals surface area (Å²) in [6.07, 6.45) is 0. The third-order valence-electron chi connectivity index (χ3n) is 12.4. The molecule has 8 N–H and O–H groups in total. The van der Waals surface area contributed by atoms with Crippen molar-refractivity contribution in [2.75, 3.05) is 52.6 Å². The van der Waals surface area contributed by atoms with Gasteiger partial charge in [0.15, 0.2) is 0 Å². The fourth-order valence-electron chi connectivity index (χ4n) is 9.05. The third-order valence-corrected chi connectivity index (χ3v) is 12.4. The van der Waals surface area contributed by atoms with Gasteiger partial charge >= 0.3 is 0 Å². The topological polar surface area (TPSA) is 136 Å². The second-order valence-corrected chi connectivity index (χ2v) is 16.8. The zero-order valence-electron chi connectivity index (χ0n) is 34.9. The van der Waals surface area contributed by atoms with Gasteiger partial charge in [0.2, 0.25) is 0 Å². The summed E-state index contributed by atoms with van der Waals surface area (Å²) in [7, 11) is 0. The van der Waals surface area contributed by atoms with Crippen molar-refractivity contribution in [3.8, 4) is 0 Å². The minimum Gasteiger partial charge on any atom is -0.370 e. The lowest BCUT2D eigenvalue weighted by molar-refractivity contribution is -0.678. The van der Waals surface area contributed by atoms with Gasteiger partial charge < -0.3 is 30.7 Å². The SMILES string of the molecule is c1cc2nc3c4ccc5cc6cc(ccc6nc53)C[NH2+]CCOCC[NH2+]Cc3ccc5nc6c(ccc7cc8cc(ccc8nc76)C[NH2+]CCOCC[NH2+]Cc1cc2c4)cc5c3.